The van der Waals surface area contributed by atoms with E-state index < -0.39 is 17.2 Å². The van der Waals surface area contributed by atoms with Gasteiger partial charge in [0.05, 0.1) is 10.4 Å². The third-order valence-electron chi connectivity index (χ3n) is 4.65. The van der Waals surface area contributed by atoms with Gasteiger partial charge < -0.3 is 5.11 Å². The molecule has 0 spiro atoms. The summed E-state index contributed by atoms with van der Waals surface area (Å²) >= 11 is 5.97. The van der Waals surface area contributed by atoms with Gasteiger partial charge in [0, 0.05) is 0 Å². The van der Waals surface area contributed by atoms with Crippen LogP contribution in [0.1, 0.15) is 44.6 Å². The Morgan fingerprint density at radius 1 is 1.45 bits per heavy atom. The molecule has 2 nitrogen and oxygen atoms in total. The quantitative estimate of drug-likeness (QED) is 0.875. The zero-order chi connectivity index (χ0) is 14.8. The molecule has 0 bridgehead atoms. The van der Waals surface area contributed by atoms with E-state index in [1.807, 2.05) is 0 Å². The van der Waals surface area contributed by atoms with Gasteiger partial charge in [-0.3, -0.25) is 4.79 Å². The minimum Gasteiger partial charge on any atom is -0.481 e. The second-order valence-corrected chi connectivity index (χ2v) is 6.20. The van der Waals surface area contributed by atoms with E-state index in [-0.39, 0.29) is 5.02 Å². The van der Waals surface area contributed by atoms with Crippen LogP contribution < -0.4 is 0 Å². The van der Waals surface area contributed by atoms with Crippen molar-refractivity contribution in [2.24, 2.45) is 11.3 Å². The second-order valence-electron chi connectivity index (χ2n) is 5.83. The smallest absolute Gasteiger partial charge is 0.309 e. The molecule has 4 heteroatoms. The maximum atomic E-state index is 13.5. The third-order valence-corrected chi connectivity index (χ3v) is 5.08. The van der Waals surface area contributed by atoms with Crippen molar-refractivity contribution in [3.05, 3.63) is 34.6 Å². The van der Waals surface area contributed by atoms with Crippen molar-refractivity contribution in [1.82, 2.24) is 0 Å². The van der Waals surface area contributed by atoms with Crippen molar-refractivity contribution < 1.29 is 14.3 Å². The van der Waals surface area contributed by atoms with Crippen LogP contribution in [0.3, 0.4) is 0 Å². The lowest BCUT2D eigenvalue weighted by atomic mass is 9.67. The van der Waals surface area contributed by atoms with E-state index in [9.17, 15) is 14.3 Å². The highest BCUT2D eigenvalue weighted by atomic mass is 35.5. The first-order valence-corrected chi connectivity index (χ1v) is 7.52. The molecule has 0 aromatic heterocycles. The van der Waals surface area contributed by atoms with E-state index in [0.717, 1.165) is 19.3 Å². The van der Waals surface area contributed by atoms with Crippen molar-refractivity contribution >= 4 is 17.6 Å². The lowest BCUT2D eigenvalue weighted by molar-refractivity contribution is -0.151. The van der Waals surface area contributed by atoms with Gasteiger partial charge >= 0.3 is 5.97 Å². The lowest BCUT2D eigenvalue weighted by Crippen LogP contribution is -2.37. The Morgan fingerprint density at radius 3 is 2.65 bits per heavy atom. The molecule has 0 heterocycles. The summed E-state index contributed by atoms with van der Waals surface area (Å²) in [5.74, 6) is -0.648. The van der Waals surface area contributed by atoms with Crippen molar-refractivity contribution in [2.75, 3.05) is 0 Å². The number of carboxylic acid groups (broad SMARTS) is 1. The molecule has 1 aliphatic rings. The van der Waals surface area contributed by atoms with Gasteiger partial charge in [0.1, 0.15) is 5.82 Å². The van der Waals surface area contributed by atoms with Crippen LogP contribution >= 0.6 is 11.6 Å². The molecule has 0 amide bonds. The molecule has 0 aliphatic heterocycles. The highest BCUT2D eigenvalue weighted by Crippen LogP contribution is 2.43. The summed E-state index contributed by atoms with van der Waals surface area (Å²) in [4.78, 5) is 11.7. The Labute approximate surface area is 123 Å². The van der Waals surface area contributed by atoms with Crippen LogP contribution in [0.25, 0.3) is 0 Å². The minimum absolute atomic E-state index is 0.0609. The fourth-order valence-electron chi connectivity index (χ4n) is 3.15. The van der Waals surface area contributed by atoms with E-state index >= 15 is 0 Å². The number of hydrogen-bond acceptors (Lipinski definition) is 1. The van der Waals surface area contributed by atoms with Gasteiger partial charge in [-0.1, -0.05) is 37.1 Å². The average molecular weight is 299 g/mol. The molecule has 1 fully saturated rings. The van der Waals surface area contributed by atoms with E-state index in [2.05, 4.69) is 6.92 Å². The number of aliphatic carboxylic acids is 1. The Kier molecular flexibility index (Phi) is 4.69. The normalized spacial score (nSPS) is 26.4. The summed E-state index contributed by atoms with van der Waals surface area (Å²) < 4.78 is 13.5. The summed E-state index contributed by atoms with van der Waals surface area (Å²) in [6.45, 7) is 2.14. The van der Waals surface area contributed by atoms with Crippen LogP contribution in [-0.2, 0) is 11.2 Å². The molecular formula is C16H20ClFO2. The predicted molar refractivity (Wildman–Crippen MR) is 77.4 cm³/mol. The van der Waals surface area contributed by atoms with E-state index in [1.54, 1.807) is 12.1 Å². The van der Waals surface area contributed by atoms with Gasteiger partial charge in [-0.2, -0.15) is 0 Å². The van der Waals surface area contributed by atoms with Gasteiger partial charge in [-0.25, -0.2) is 4.39 Å². The molecule has 1 aliphatic carbocycles. The van der Waals surface area contributed by atoms with Crippen LogP contribution in [0.2, 0.25) is 5.02 Å². The summed E-state index contributed by atoms with van der Waals surface area (Å²) in [5.41, 5.74) is -0.188. The summed E-state index contributed by atoms with van der Waals surface area (Å²) in [6.07, 6.45) is 4.55. The number of carboxylic acids is 1. The van der Waals surface area contributed by atoms with Gasteiger partial charge in [-0.05, 0) is 49.7 Å². The highest BCUT2D eigenvalue weighted by molar-refractivity contribution is 6.31. The Morgan fingerprint density at radius 2 is 2.10 bits per heavy atom. The zero-order valence-electron chi connectivity index (χ0n) is 11.7. The monoisotopic (exact) mass is 298 g/mol. The molecule has 1 aromatic rings. The summed E-state index contributed by atoms with van der Waals surface area (Å²) in [5, 5.41) is 9.69. The maximum Gasteiger partial charge on any atom is 0.309 e. The number of benzene rings is 1. The van der Waals surface area contributed by atoms with E-state index in [0.29, 0.717) is 30.7 Å². The number of hydrogen-bond donors (Lipinski definition) is 1. The first-order chi connectivity index (χ1) is 9.48. The topological polar surface area (TPSA) is 37.3 Å². The van der Waals surface area contributed by atoms with E-state index in [4.69, 9.17) is 11.6 Å². The molecule has 1 aromatic carbocycles. The fraction of sp³-hybridized carbons (Fsp3) is 0.562. The molecule has 1 N–H and O–H groups in total. The SMILES string of the molecule is CCC1CCC(Cc2cccc(F)c2Cl)(C(=O)O)CC1. The third kappa shape index (κ3) is 2.98. The Hall–Kier alpha value is -1.09. The van der Waals surface area contributed by atoms with Gasteiger partial charge in [-0.15, -0.1) is 0 Å². The Bertz CT molecular complexity index is 493. The van der Waals surface area contributed by atoms with Crippen molar-refractivity contribution in [2.45, 2.75) is 45.4 Å². The predicted octanol–water partition coefficient (Wildman–Crippen LogP) is 4.69. The second kappa shape index (κ2) is 6.13. The number of halogens is 2. The fourth-order valence-corrected chi connectivity index (χ4v) is 3.35. The summed E-state index contributed by atoms with van der Waals surface area (Å²) in [6, 6.07) is 4.61. The van der Waals surface area contributed by atoms with Crippen molar-refractivity contribution in [1.29, 1.82) is 0 Å². The first-order valence-electron chi connectivity index (χ1n) is 7.15. The molecule has 0 radical (unpaired) electrons. The van der Waals surface area contributed by atoms with Crippen molar-refractivity contribution in [3.8, 4) is 0 Å². The van der Waals surface area contributed by atoms with Crippen LogP contribution in [0.15, 0.2) is 18.2 Å². The largest absolute Gasteiger partial charge is 0.481 e. The molecule has 20 heavy (non-hydrogen) atoms. The average Bonchev–Trinajstić information content (AvgIpc) is 2.44. The minimum atomic E-state index is -0.789. The number of rotatable bonds is 4. The Balaban J connectivity index is 2.22. The molecule has 0 saturated heterocycles. The molecule has 0 unspecified atom stereocenters. The molecule has 1 saturated carbocycles. The van der Waals surface area contributed by atoms with E-state index in [1.165, 1.54) is 6.07 Å². The molecular weight excluding hydrogens is 279 g/mol. The van der Waals surface area contributed by atoms with Crippen LogP contribution in [-0.4, -0.2) is 11.1 Å². The highest BCUT2D eigenvalue weighted by Gasteiger charge is 2.42. The van der Waals surface area contributed by atoms with Crippen LogP contribution in [0.4, 0.5) is 4.39 Å². The summed E-state index contributed by atoms with van der Waals surface area (Å²) in [7, 11) is 0. The van der Waals surface area contributed by atoms with Crippen molar-refractivity contribution in [3.63, 3.8) is 0 Å². The first kappa shape index (κ1) is 15.3. The lowest BCUT2D eigenvalue weighted by Gasteiger charge is -2.37. The van der Waals surface area contributed by atoms with Crippen LogP contribution in [0.5, 0.6) is 0 Å². The maximum absolute atomic E-state index is 13.5. The molecule has 2 rings (SSSR count). The van der Waals surface area contributed by atoms with Gasteiger partial charge in [0.25, 0.3) is 0 Å². The standard InChI is InChI=1S/C16H20ClFO2/c1-2-11-6-8-16(9-7-11,15(19)20)10-12-4-3-5-13(18)14(12)17/h3-5,11H,2,6-10H2,1H3,(H,19,20). The van der Waals surface area contributed by atoms with Crippen LogP contribution in [0, 0.1) is 17.2 Å². The zero-order valence-corrected chi connectivity index (χ0v) is 12.4. The molecule has 0 atom stereocenters. The number of carbonyl (C=O) groups is 1. The molecule has 110 valence electrons. The van der Waals surface area contributed by atoms with Gasteiger partial charge in [0.2, 0.25) is 0 Å². The van der Waals surface area contributed by atoms with Gasteiger partial charge in [0.15, 0.2) is 0 Å².